The SMILES string of the molecule is CCCOCCn1cc[n+](CCC#N)c1C. The van der Waals surface area contributed by atoms with Crippen molar-refractivity contribution in [2.75, 3.05) is 13.2 Å². The molecular formula is C12H20N3O+. The van der Waals surface area contributed by atoms with E-state index in [2.05, 4.69) is 29.1 Å². The number of nitrogens with zero attached hydrogens (tertiary/aromatic N) is 3. The molecule has 4 nitrogen and oxygen atoms in total. The number of rotatable bonds is 7. The van der Waals surface area contributed by atoms with Gasteiger partial charge < -0.3 is 4.74 Å². The Morgan fingerprint density at radius 3 is 3.00 bits per heavy atom. The minimum absolute atomic E-state index is 0.557. The highest BCUT2D eigenvalue weighted by Gasteiger charge is 2.10. The Hall–Kier alpha value is -1.34. The van der Waals surface area contributed by atoms with E-state index in [0.29, 0.717) is 6.42 Å². The predicted octanol–water partition coefficient (Wildman–Crippen LogP) is 1.42. The minimum Gasteiger partial charge on any atom is -0.377 e. The number of imidazole rings is 1. The molecule has 0 aliphatic heterocycles. The molecule has 1 aromatic rings. The molecule has 16 heavy (non-hydrogen) atoms. The first-order valence-electron chi connectivity index (χ1n) is 5.79. The zero-order valence-electron chi connectivity index (χ0n) is 10.1. The van der Waals surface area contributed by atoms with Crippen molar-refractivity contribution in [1.29, 1.82) is 5.26 Å². The van der Waals surface area contributed by atoms with Crippen molar-refractivity contribution in [2.24, 2.45) is 0 Å². The Morgan fingerprint density at radius 1 is 1.50 bits per heavy atom. The van der Waals surface area contributed by atoms with Crippen molar-refractivity contribution in [3.63, 3.8) is 0 Å². The average Bonchev–Trinajstić information content (AvgIpc) is 2.64. The lowest BCUT2D eigenvalue weighted by atomic mass is 10.4. The first-order valence-corrected chi connectivity index (χ1v) is 5.79. The van der Waals surface area contributed by atoms with Gasteiger partial charge in [-0.2, -0.15) is 5.26 Å². The predicted molar refractivity (Wildman–Crippen MR) is 60.7 cm³/mol. The summed E-state index contributed by atoms with van der Waals surface area (Å²) >= 11 is 0. The molecule has 0 aliphatic rings. The summed E-state index contributed by atoms with van der Waals surface area (Å²) in [7, 11) is 0. The molecular weight excluding hydrogens is 202 g/mol. The van der Waals surface area contributed by atoms with E-state index in [9.17, 15) is 0 Å². The van der Waals surface area contributed by atoms with Crippen LogP contribution in [-0.4, -0.2) is 17.8 Å². The van der Waals surface area contributed by atoms with Gasteiger partial charge in [-0.15, -0.1) is 0 Å². The van der Waals surface area contributed by atoms with Crippen LogP contribution >= 0.6 is 0 Å². The molecule has 0 N–H and O–H groups in total. The van der Waals surface area contributed by atoms with E-state index in [1.54, 1.807) is 0 Å². The van der Waals surface area contributed by atoms with Crippen molar-refractivity contribution in [2.45, 2.75) is 39.8 Å². The van der Waals surface area contributed by atoms with Crippen LogP contribution in [0.1, 0.15) is 25.6 Å². The van der Waals surface area contributed by atoms with Crippen LogP contribution in [0.5, 0.6) is 0 Å². The van der Waals surface area contributed by atoms with Gasteiger partial charge in [0, 0.05) is 13.5 Å². The Labute approximate surface area is 97.1 Å². The van der Waals surface area contributed by atoms with Crippen molar-refractivity contribution in [1.82, 2.24) is 4.57 Å². The highest BCUT2D eigenvalue weighted by atomic mass is 16.5. The maximum atomic E-state index is 8.54. The number of aromatic nitrogens is 2. The van der Waals surface area contributed by atoms with Crippen LogP contribution in [0.15, 0.2) is 12.4 Å². The molecule has 0 atom stereocenters. The lowest BCUT2D eigenvalue weighted by Crippen LogP contribution is -2.35. The normalized spacial score (nSPS) is 10.3. The second kappa shape index (κ2) is 7.02. The number of hydrogen-bond acceptors (Lipinski definition) is 2. The molecule has 0 aromatic carbocycles. The van der Waals surface area contributed by atoms with Crippen LogP contribution in [0, 0.1) is 18.3 Å². The first kappa shape index (κ1) is 12.7. The van der Waals surface area contributed by atoms with Crippen LogP contribution in [0.4, 0.5) is 0 Å². The summed E-state index contributed by atoms with van der Waals surface area (Å²) in [6.07, 6.45) is 5.68. The summed E-state index contributed by atoms with van der Waals surface area (Å²) in [4.78, 5) is 0. The summed E-state index contributed by atoms with van der Waals surface area (Å²) in [5.74, 6) is 1.18. The first-order chi connectivity index (χ1) is 7.79. The number of nitriles is 1. The standard InChI is InChI=1S/C12H20N3O/c1-3-10-16-11-9-15-8-7-14(12(15)2)6-4-5-13/h7-8H,3-4,6,9-11H2,1-2H3/q+1. The molecule has 88 valence electrons. The Kier molecular flexibility index (Phi) is 5.58. The van der Waals surface area contributed by atoms with Gasteiger partial charge in [0.2, 0.25) is 0 Å². The van der Waals surface area contributed by atoms with E-state index >= 15 is 0 Å². The van der Waals surface area contributed by atoms with Gasteiger partial charge in [-0.05, 0) is 6.42 Å². The fourth-order valence-corrected chi connectivity index (χ4v) is 1.59. The summed E-state index contributed by atoms with van der Waals surface area (Å²) in [6, 6.07) is 2.16. The lowest BCUT2D eigenvalue weighted by Gasteiger charge is -2.01. The maximum absolute atomic E-state index is 8.54. The maximum Gasteiger partial charge on any atom is 0.253 e. The molecule has 4 heteroatoms. The van der Waals surface area contributed by atoms with Crippen molar-refractivity contribution >= 4 is 0 Å². The van der Waals surface area contributed by atoms with Gasteiger partial charge >= 0.3 is 0 Å². The second-order valence-corrected chi connectivity index (χ2v) is 3.75. The molecule has 1 aromatic heterocycles. The summed E-state index contributed by atoms with van der Waals surface area (Å²) < 4.78 is 9.71. The van der Waals surface area contributed by atoms with E-state index in [-0.39, 0.29) is 0 Å². The van der Waals surface area contributed by atoms with E-state index in [1.165, 1.54) is 5.82 Å². The smallest absolute Gasteiger partial charge is 0.253 e. The molecule has 0 saturated carbocycles. The highest BCUT2D eigenvalue weighted by molar-refractivity contribution is 4.80. The van der Waals surface area contributed by atoms with Crippen LogP contribution in [-0.2, 0) is 17.8 Å². The summed E-state index contributed by atoms with van der Waals surface area (Å²) in [6.45, 7) is 7.40. The zero-order valence-corrected chi connectivity index (χ0v) is 10.1. The molecule has 1 rings (SSSR count). The fraction of sp³-hybridized carbons (Fsp3) is 0.667. The summed E-state index contributed by atoms with van der Waals surface area (Å²) in [5.41, 5.74) is 0. The van der Waals surface area contributed by atoms with Gasteiger partial charge in [-0.25, -0.2) is 9.13 Å². The second-order valence-electron chi connectivity index (χ2n) is 3.75. The Balaban J connectivity index is 2.42. The van der Waals surface area contributed by atoms with Gasteiger partial charge in [0.15, 0.2) is 0 Å². The molecule has 0 saturated heterocycles. The van der Waals surface area contributed by atoms with E-state index in [4.69, 9.17) is 10.00 Å². The lowest BCUT2D eigenvalue weighted by molar-refractivity contribution is -0.701. The van der Waals surface area contributed by atoms with Gasteiger partial charge in [-0.3, -0.25) is 0 Å². The van der Waals surface area contributed by atoms with Crippen molar-refractivity contribution < 1.29 is 9.30 Å². The van der Waals surface area contributed by atoms with E-state index < -0.39 is 0 Å². The molecule has 0 fully saturated rings. The van der Waals surface area contributed by atoms with Crippen LogP contribution in [0.2, 0.25) is 0 Å². The zero-order chi connectivity index (χ0) is 11.8. The topological polar surface area (TPSA) is 41.8 Å². The van der Waals surface area contributed by atoms with E-state index in [0.717, 1.165) is 32.7 Å². The fourth-order valence-electron chi connectivity index (χ4n) is 1.59. The molecule has 0 amide bonds. The minimum atomic E-state index is 0.557. The van der Waals surface area contributed by atoms with Crippen molar-refractivity contribution in [3.8, 4) is 6.07 Å². The van der Waals surface area contributed by atoms with Gasteiger partial charge in [0.1, 0.15) is 25.5 Å². The van der Waals surface area contributed by atoms with Gasteiger partial charge in [-0.1, -0.05) is 6.92 Å². The third-order valence-corrected chi connectivity index (χ3v) is 2.55. The number of ether oxygens (including phenoxy) is 1. The van der Waals surface area contributed by atoms with Gasteiger partial charge in [0.05, 0.1) is 19.1 Å². The molecule has 0 unspecified atom stereocenters. The average molecular weight is 222 g/mol. The summed E-state index contributed by atoms with van der Waals surface area (Å²) in [5, 5.41) is 8.54. The molecule has 1 heterocycles. The number of hydrogen-bond donors (Lipinski definition) is 0. The van der Waals surface area contributed by atoms with Crippen molar-refractivity contribution in [3.05, 3.63) is 18.2 Å². The third-order valence-electron chi connectivity index (χ3n) is 2.55. The van der Waals surface area contributed by atoms with Gasteiger partial charge in [0.25, 0.3) is 5.82 Å². The Bertz CT molecular complexity index is 352. The molecule has 0 radical (unpaired) electrons. The number of aryl methyl sites for hydroxylation is 1. The van der Waals surface area contributed by atoms with E-state index in [1.807, 2.05) is 12.4 Å². The van der Waals surface area contributed by atoms with Crippen LogP contribution < -0.4 is 4.57 Å². The van der Waals surface area contributed by atoms with Crippen LogP contribution in [0.25, 0.3) is 0 Å². The third kappa shape index (κ3) is 3.67. The highest BCUT2D eigenvalue weighted by Crippen LogP contribution is 1.95. The largest absolute Gasteiger partial charge is 0.377 e. The van der Waals surface area contributed by atoms with Crippen LogP contribution in [0.3, 0.4) is 0 Å². The Morgan fingerprint density at radius 2 is 2.31 bits per heavy atom. The molecule has 0 bridgehead atoms. The molecule has 0 spiro atoms. The molecule has 0 aliphatic carbocycles. The monoisotopic (exact) mass is 222 g/mol. The quantitative estimate of drug-likeness (QED) is 0.517.